The Labute approximate surface area is 204 Å². The van der Waals surface area contributed by atoms with Gasteiger partial charge >= 0.3 is 0 Å². The first-order valence-corrected chi connectivity index (χ1v) is 13.1. The third kappa shape index (κ3) is 4.94. The van der Waals surface area contributed by atoms with Gasteiger partial charge in [-0.15, -0.1) is 16.8 Å². The highest BCUT2D eigenvalue weighted by Gasteiger charge is 2.51. The molecule has 176 valence electrons. The summed E-state index contributed by atoms with van der Waals surface area (Å²) in [6.45, 7) is 6.65. The molecule has 8 heteroatoms. The topological polar surface area (TPSA) is 69.0 Å². The van der Waals surface area contributed by atoms with Crippen LogP contribution >= 0.6 is 23.4 Å². The van der Waals surface area contributed by atoms with Crippen molar-refractivity contribution in [3.8, 4) is 5.75 Å². The zero-order valence-electron chi connectivity index (χ0n) is 19.0. The molecule has 4 aliphatic carbocycles. The summed E-state index contributed by atoms with van der Waals surface area (Å²) in [6.07, 6.45) is 9.36. The second kappa shape index (κ2) is 9.34. The number of hydrogen-bond donors (Lipinski definition) is 1. The molecule has 4 aliphatic rings. The van der Waals surface area contributed by atoms with Crippen LogP contribution in [0.1, 0.15) is 51.3 Å². The van der Waals surface area contributed by atoms with Crippen LogP contribution in [0.5, 0.6) is 5.75 Å². The summed E-state index contributed by atoms with van der Waals surface area (Å²) in [5.41, 5.74) is 0.0209. The van der Waals surface area contributed by atoms with Crippen molar-refractivity contribution in [2.24, 2.45) is 17.8 Å². The summed E-state index contributed by atoms with van der Waals surface area (Å²) < 4.78 is 7.81. The minimum Gasteiger partial charge on any atom is -0.486 e. The fourth-order valence-electron chi connectivity index (χ4n) is 6.34. The van der Waals surface area contributed by atoms with Crippen LogP contribution in [0.15, 0.2) is 42.1 Å². The second-order valence-electron chi connectivity index (χ2n) is 9.99. The lowest BCUT2D eigenvalue weighted by molar-refractivity contribution is -0.126. The molecule has 1 heterocycles. The van der Waals surface area contributed by atoms with E-state index in [0.29, 0.717) is 28.3 Å². The normalized spacial score (nSPS) is 28.5. The lowest BCUT2D eigenvalue weighted by Crippen LogP contribution is -2.60. The van der Waals surface area contributed by atoms with Gasteiger partial charge in [-0.3, -0.25) is 9.36 Å². The first-order valence-electron chi connectivity index (χ1n) is 11.8. The Bertz CT molecular complexity index is 987. The summed E-state index contributed by atoms with van der Waals surface area (Å²) >= 11 is 7.39. The maximum Gasteiger partial charge on any atom is 0.233 e. The number of ether oxygens (including phenoxy) is 1. The second-order valence-corrected chi connectivity index (χ2v) is 11.7. The molecule has 4 saturated carbocycles. The molecule has 2 aromatic rings. The molecule has 1 unspecified atom stereocenters. The first-order chi connectivity index (χ1) is 15.9. The van der Waals surface area contributed by atoms with E-state index in [1.165, 1.54) is 31.0 Å². The van der Waals surface area contributed by atoms with Crippen molar-refractivity contribution in [1.29, 1.82) is 0 Å². The van der Waals surface area contributed by atoms with Crippen LogP contribution in [0.3, 0.4) is 0 Å². The first kappa shape index (κ1) is 22.8. The summed E-state index contributed by atoms with van der Waals surface area (Å²) in [6, 6.07) is 7.22. The molecule has 0 saturated heterocycles. The summed E-state index contributed by atoms with van der Waals surface area (Å²) in [5.74, 6) is 3.93. The molecule has 1 atom stereocenters. The minimum absolute atomic E-state index is 0.0209. The number of aromatic nitrogens is 3. The largest absolute Gasteiger partial charge is 0.486 e. The molecule has 33 heavy (non-hydrogen) atoms. The van der Waals surface area contributed by atoms with Gasteiger partial charge in [0.05, 0.1) is 5.25 Å². The van der Waals surface area contributed by atoms with Gasteiger partial charge in [0, 0.05) is 17.1 Å². The van der Waals surface area contributed by atoms with Crippen LogP contribution < -0.4 is 10.1 Å². The van der Waals surface area contributed by atoms with E-state index in [9.17, 15) is 4.79 Å². The summed E-state index contributed by atoms with van der Waals surface area (Å²) in [5, 5.41) is 13.3. The van der Waals surface area contributed by atoms with Gasteiger partial charge in [-0.25, -0.2) is 0 Å². The lowest BCUT2D eigenvalue weighted by atomic mass is 9.53. The van der Waals surface area contributed by atoms with Gasteiger partial charge in [0.2, 0.25) is 5.91 Å². The fourth-order valence-corrected chi connectivity index (χ4v) is 7.35. The molecule has 1 aromatic carbocycles. The van der Waals surface area contributed by atoms with Crippen molar-refractivity contribution >= 4 is 29.3 Å². The number of benzene rings is 1. The molecule has 0 radical (unpaired) electrons. The quantitative estimate of drug-likeness (QED) is 0.386. The van der Waals surface area contributed by atoms with Crippen molar-refractivity contribution in [2.75, 3.05) is 0 Å². The van der Waals surface area contributed by atoms with Crippen LogP contribution in [0.4, 0.5) is 0 Å². The van der Waals surface area contributed by atoms with Gasteiger partial charge in [0.15, 0.2) is 11.0 Å². The summed E-state index contributed by atoms with van der Waals surface area (Å²) in [4.78, 5) is 13.2. The molecule has 4 bridgehead atoms. The van der Waals surface area contributed by atoms with Crippen LogP contribution in [0.2, 0.25) is 5.02 Å². The smallest absolute Gasteiger partial charge is 0.233 e. The number of nitrogens with zero attached hydrogens (tertiary/aromatic N) is 3. The van der Waals surface area contributed by atoms with Crippen molar-refractivity contribution in [3.05, 3.63) is 47.8 Å². The molecule has 1 amide bonds. The number of carbonyl (C=O) groups is 1. The number of amides is 1. The maximum atomic E-state index is 13.2. The van der Waals surface area contributed by atoms with E-state index in [-0.39, 0.29) is 23.3 Å². The highest BCUT2D eigenvalue weighted by molar-refractivity contribution is 8.00. The third-order valence-corrected chi connectivity index (χ3v) is 8.70. The standard InChI is InChI=1S/C25H31ClN4O2S/c1-3-8-30-22(15-32-21-6-4-20(26)5-7-21)28-29-24(30)33-16(2)23(31)27-25-12-17-9-18(13-25)11-19(10-17)14-25/h3-7,16-19H,1,8-15H2,2H3,(H,27,31). The van der Waals surface area contributed by atoms with E-state index in [2.05, 4.69) is 22.1 Å². The number of nitrogens with one attached hydrogen (secondary N) is 1. The molecule has 6 nitrogen and oxygen atoms in total. The number of hydrogen-bond acceptors (Lipinski definition) is 5. The van der Waals surface area contributed by atoms with Crippen LogP contribution in [0.25, 0.3) is 0 Å². The Morgan fingerprint density at radius 2 is 1.88 bits per heavy atom. The number of halogens is 1. The van der Waals surface area contributed by atoms with E-state index in [1.54, 1.807) is 18.2 Å². The van der Waals surface area contributed by atoms with Gasteiger partial charge in [-0.05, 0) is 87.5 Å². The minimum atomic E-state index is -0.254. The Balaban J connectivity index is 1.23. The Morgan fingerprint density at radius 1 is 1.24 bits per heavy atom. The fraction of sp³-hybridized carbons (Fsp3) is 0.560. The molecule has 0 spiro atoms. The molecule has 1 N–H and O–H groups in total. The molecular formula is C25H31ClN4O2S. The number of allylic oxidation sites excluding steroid dienone is 1. The Morgan fingerprint density at radius 3 is 2.48 bits per heavy atom. The number of thioether (sulfide) groups is 1. The van der Waals surface area contributed by atoms with E-state index in [1.807, 2.05) is 23.6 Å². The van der Waals surface area contributed by atoms with Crippen LogP contribution in [-0.4, -0.2) is 31.5 Å². The SMILES string of the molecule is C=CCn1c(COc2ccc(Cl)cc2)nnc1SC(C)C(=O)NC12CC3CC(CC(C3)C1)C2. The van der Waals surface area contributed by atoms with Crippen molar-refractivity contribution in [2.45, 2.75) is 74.5 Å². The molecule has 6 rings (SSSR count). The predicted molar refractivity (Wildman–Crippen MR) is 130 cm³/mol. The zero-order chi connectivity index (χ0) is 23.0. The number of rotatable bonds is 9. The third-order valence-electron chi connectivity index (χ3n) is 7.36. The van der Waals surface area contributed by atoms with E-state index in [0.717, 1.165) is 37.0 Å². The molecular weight excluding hydrogens is 456 g/mol. The highest BCUT2D eigenvalue weighted by Crippen LogP contribution is 2.55. The molecule has 4 fully saturated rings. The van der Waals surface area contributed by atoms with E-state index < -0.39 is 0 Å². The van der Waals surface area contributed by atoms with Gasteiger partial charge in [-0.1, -0.05) is 29.4 Å². The van der Waals surface area contributed by atoms with Crippen molar-refractivity contribution in [1.82, 2.24) is 20.1 Å². The average Bonchev–Trinajstić information content (AvgIpc) is 3.13. The summed E-state index contributed by atoms with van der Waals surface area (Å²) in [7, 11) is 0. The van der Waals surface area contributed by atoms with Crippen molar-refractivity contribution < 1.29 is 9.53 Å². The maximum absolute atomic E-state index is 13.2. The van der Waals surface area contributed by atoms with Gasteiger partial charge in [0.25, 0.3) is 0 Å². The van der Waals surface area contributed by atoms with Crippen LogP contribution in [-0.2, 0) is 17.9 Å². The zero-order valence-corrected chi connectivity index (χ0v) is 20.6. The van der Waals surface area contributed by atoms with Gasteiger partial charge in [0.1, 0.15) is 12.4 Å². The average molecular weight is 487 g/mol. The van der Waals surface area contributed by atoms with Gasteiger partial charge < -0.3 is 10.1 Å². The predicted octanol–water partition coefficient (Wildman–Crippen LogP) is 5.26. The van der Waals surface area contributed by atoms with Gasteiger partial charge in [-0.2, -0.15) is 0 Å². The number of carbonyl (C=O) groups excluding carboxylic acids is 1. The molecule has 1 aromatic heterocycles. The van der Waals surface area contributed by atoms with Crippen LogP contribution in [0, 0.1) is 17.8 Å². The Kier molecular flexibility index (Phi) is 6.45. The monoisotopic (exact) mass is 486 g/mol. The lowest BCUT2D eigenvalue weighted by Gasteiger charge is -2.57. The van der Waals surface area contributed by atoms with Crippen molar-refractivity contribution in [3.63, 3.8) is 0 Å². The highest BCUT2D eigenvalue weighted by atomic mass is 35.5. The Hall–Kier alpha value is -1.99. The van der Waals surface area contributed by atoms with E-state index >= 15 is 0 Å². The molecule has 0 aliphatic heterocycles. The van der Waals surface area contributed by atoms with E-state index in [4.69, 9.17) is 16.3 Å².